The van der Waals surface area contributed by atoms with Gasteiger partial charge in [-0.05, 0) is 44.3 Å². The van der Waals surface area contributed by atoms with Gasteiger partial charge in [0, 0.05) is 21.6 Å². The monoisotopic (exact) mass is 425 g/mol. The fraction of sp³-hybridized carbons (Fsp3) is 0.235. The second-order valence-electron chi connectivity index (χ2n) is 5.83. The number of H-pyrrole nitrogens is 1. The molecule has 0 bridgehead atoms. The number of aromatic nitrogens is 3. The second kappa shape index (κ2) is 6.76. The molecule has 2 heterocycles. The highest BCUT2D eigenvalue weighted by molar-refractivity contribution is 9.10. The fourth-order valence-corrected chi connectivity index (χ4v) is 3.35. The second-order valence-corrected chi connectivity index (χ2v) is 7.13. The van der Waals surface area contributed by atoms with E-state index in [2.05, 4.69) is 25.9 Å². The molecule has 25 heavy (non-hydrogen) atoms. The van der Waals surface area contributed by atoms with Gasteiger partial charge in [-0.3, -0.25) is 14.3 Å². The standard InChI is InChI=1S/C17H14BrF2N3OS/c1-8(2)23-15-13(16(24)22-17(23)25)11(14(19)20)7-12(21-15)9-3-5-10(18)6-4-9/h3-8,14H,1-2H3,(H,22,24,25). The average Bonchev–Trinajstić information content (AvgIpc) is 2.53. The van der Waals surface area contributed by atoms with Crippen LogP contribution in [0.1, 0.15) is 31.9 Å². The van der Waals surface area contributed by atoms with Gasteiger partial charge in [0.05, 0.1) is 11.1 Å². The summed E-state index contributed by atoms with van der Waals surface area (Å²) in [6.07, 6.45) is -2.81. The Morgan fingerprint density at radius 1 is 1.24 bits per heavy atom. The van der Waals surface area contributed by atoms with Crippen LogP contribution in [0.15, 0.2) is 39.6 Å². The molecule has 0 saturated carbocycles. The smallest absolute Gasteiger partial charge is 0.264 e. The van der Waals surface area contributed by atoms with E-state index in [0.717, 1.165) is 4.47 Å². The largest absolute Gasteiger partial charge is 0.300 e. The molecular weight excluding hydrogens is 412 g/mol. The van der Waals surface area contributed by atoms with Gasteiger partial charge in [-0.25, -0.2) is 13.8 Å². The van der Waals surface area contributed by atoms with Crippen molar-refractivity contribution in [3.8, 4) is 11.3 Å². The number of hydrogen-bond donors (Lipinski definition) is 1. The Bertz CT molecular complexity index is 1060. The Labute approximate surface area is 155 Å². The molecule has 1 N–H and O–H groups in total. The quantitative estimate of drug-likeness (QED) is 0.571. The molecule has 0 aliphatic rings. The van der Waals surface area contributed by atoms with Crippen LogP contribution in [0, 0.1) is 4.77 Å². The van der Waals surface area contributed by atoms with Crippen LogP contribution in [0.3, 0.4) is 0 Å². The zero-order valence-electron chi connectivity index (χ0n) is 13.4. The van der Waals surface area contributed by atoms with E-state index in [1.54, 1.807) is 28.8 Å². The summed E-state index contributed by atoms with van der Waals surface area (Å²) >= 11 is 8.54. The van der Waals surface area contributed by atoms with Gasteiger partial charge >= 0.3 is 0 Å². The molecule has 0 amide bonds. The van der Waals surface area contributed by atoms with Crippen LogP contribution in [0.25, 0.3) is 22.3 Å². The molecule has 4 nitrogen and oxygen atoms in total. The highest BCUT2D eigenvalue weighted by Crippen LogP contribution is 2.30. The third kappa shape index (κ3) is 3.28. The lowest BCUT2D eigenvalue weighted by molar-refractivity contribution is 0.153. The van der Waals surface area contributed by atoms with E-state index in [9.17, 15) is 13.6 Å². The Morgan fingerprint density at radius 2 is 1.88 bits per heavy atom. The maximum atomic E-state index is 13.6. The van der Waals surface area contributed by atoms with Crippen LogP contribution in [-0.4, -0.2) is 14.5 Å². The Hall–Kier alpha value is -1.93. The normalized spacial score (nSPS) is 11.6. The van der Waals surface area contributed by atoms with Crippen molar-refractivity contribution in [2.24, 2.45) is 0 Å². The van der Waals surface area contributed by atoms with Crippen molar-refractivity contribution in [3.63, 3.8) is 0 Å². The lowest BCUT2D eigenvalue weighted by atomic mass is 10.1. The van der Waals surface area contributed by atoms with Gasteiger partial charge in [-0.2, -0.15) is 0 Å². The molecular formula is C17H14BrF2N3OS. The topological polar surface area (TPSA) is 50.7 Å². The zero-order chi connectivity index (χ0) is 18.3. The van der Waals surface area contributed by atoms with Crippen molar-refractivity contribution in [1.82, 2.24) is 14.5 Å². The molecule has 3 rings (SSSR count). The van der Waals surface area contributed by atoms with Crippen LogP contribution >= 0.6 is 28.1 Å². The van der Waals surface area contributed by atoms with Crippen LogP contribution < -0.4 is 5.56 Å². The number of alkyl halides is 2. The minimum absolute atomic E-state index is 0.127. The summed E-state index contributed by atoms with van der Waals surface area (Å²) in [4.78, 5) is 19.2. The van der Waals surface area contributed by atoms with Gasteiger partial charge in [0.2, 0.25) is 0 Å². The summed E-state index contributed by atoms with van der Waals surface area (Å²) in [5, 5.41) is -0.127. The number of rotatable bonds is 3. The van der Waals surface area contributed by atoms with E-state index < -0.39 is 12.0 Å². The van der Waals surface area contributed by atoms with Gasteiger partial charge in [0.25, 0.3) is 12.0 Å². The first-order chi connectivity index (χ1) is 11.8. The third-order valence-corrected chi connectivity index (χ3v) is 4.64. The van der Waals surface area contributed by atoms with Gasteiger partial charge in [0.1, 0.15) is 5.65 Å². The number of hydrogen-bond acceptors (Lipinski definition) is 3. The predicted molar refractivity (Wildman–Crippen MR) is 99.7 cm³/mol. The Morgan fingerprint density at radius 3 is 2.44 bits per heavy atom. The van der Waals surface area contributed by atoms with Crippen LogP contribution in [0.5, 0.6) is 0 Å². The molecule has 2 aromatic heterocycles. The number of nitrogens with one attached hydrogen (secondary N) is 1. The highest BCUT2D eigenvalue weighted by Gasteiger charge is 2.21. The maximum absolute atomic E-state index is 13.6. The molecule has 0 radical (unpaired) electrons. The van der Waals surface area contributed by atoms with Crippen LogP contribution in [0.4, 0.5) is 8.78 Å². The molecule has 130 valence electrons. The maximum Gasteiger partial charge on any atom is 0.264 e. The minimum Gasteiger partial charge on any atom is -0.300 e. The fourth-order valence-electron chi connectivity index (χ4n) is 2.69. The van der Waals surface area contributed by atoms with Crippen molar-refractivity contribution < 1.29 is 8.78 Å². The molecule has 0 unspecified atom stereocenters. The number of halogens is 3. The summed E-state index contributed by atoms with van der Waals surface area (Å²) in [5.74, 6) is 0. The Balaban J connectivity index is 2.46. The van der Waals surface area contributed by atoms with Crippen LogP contribution in [0.2, 0.25) is 0 Å². The molecule has 1 aromatic carbocycles. The van der Waals surface area contributed by atoms with Crippen molar-refractivity contribution in [2.45, 2.75) is 26.3 Å². The van der Waals surface area contributed by atoms with E-state index in [4.69, 9.17) is 12.2 Å². The minimum atomic E-state index is -2.81. The van der Waals surface area contributed by atoms with E-state index in [0.29, 0.717) is 11.3 Å². The number of fused-ring (bicyclic) bond motifs is 1. The van der Waals surface area contributed by atoms with Crippen molar-refractivity contribution in [1.29, 1.82) is 0 Å². The lowest BCUT2D eigenvalue weighted by Crippen LogP contribution is -2.19. The van der Waals surface area contributed by atoms with Gasteiger partial charge in [0.15, 0.2) is 4.77 Å². The van der Waals surface area contributed by atoms with Crippen molar-refractivity contribution in [3.05, 3.63) is 55.5 Å². The van der Waals surface area contributed by atoms with Gasteiger partial charge in [-0.1, -0.05) is 28.1 Å². The summed E-state index contributed by atoms with van der Waals surface area (Å²) in [7, 11) is 0. The molecule has 0 aliphatic heterocycles. The van der Waals surface area contributed by atoms with E-state index in [-0.39, 0.29) is 27.4 Å². The predicted octanol–water partition coefficient (Wildman–Crippen LogP) is 5.40. The lowest BCUT2D eigenvalue weighted by Gasteiger charge is -2.16. The summed E-state index contributed by atoms with van der Waals surface area (Å²) in [6.45, 7) is 3.70. The zero-order valence-corrected chi connectivity index (χ0v) is 15.8. The van der Waals surface area contributed by atoms with E-state index in [1.807, 2.05) is 13.8 Å². The molecule has 0 spiro atoms. The van der Waals surface area contributed by atoms with Crippen molar-refractivity contribution >= 4 is 39.2 Å². The SMILES string of the molecule is CC(C)n1c(=S)[nH]c(=O)c2c(C(F)F)cc(-c3ccc(Br)cc3)nc21. The number of pyridine rings is 1. The molecule has 0 aliphatic carbocycles. The van der Waals surface area contributed by atoms with Gasteiger partial charge in [-0.15, -0.1) is 0 Å². The molecule has 0 saturated heterocycles. The number of benzene rings is 1. The molecule has 0 atom stereocenters. The van der Waals surface area contributed by atoms with E-state index >= 15 is 0 Å². The summed E-state index contributed by atoms with van der Waals surface area (Å²) < 4.78 is 29.9. The summed E-state index contributed by atoms with van der Waals surface area (Å²) in [5.41, 5.74) is 0.202. The molecule has 3 aromatic rings. The number of aromatic amines is 1. The third-order valence-electron chi connectivity index (χ3n) is 3.82. The average molecular weight is 426 g/mol. The van der Waals surface area contributed by atoms with E-state index in [1.165, 1.54) is 6.07 Å². The van der Waals surface area contributed by atoms with Gasteiger partial charge < -0.3 is 0 Å². The first kappa shape index (κ1) is 17.9. The number of nitrogens with zero attached hydrogens (tertiary/aromatic N) is 2. The molecule has 8 heteroatoms. The van der Waals surface area contributed by atoms with Crippen molar-refractivity contribution in [2.75, 3.05) is 0 Å². The Kier molecular flexibility index (Phi) is 4.83. The first-order valence-corrected chi connectivity index (χ1v) is 8.73. The summed E-state index contributed by atoms with van der Waals surface area (Å²) in [6, 6.07) is 8.26. The highest BCUT2D eigenvalue weighted by atomic mass is 79.9. The van der Waals surface area contributed by atoms with Crippen LogP contribution in [-0.2, 0) is 0 Å². The first-order valence-electron chi connectivity index (χ1n) is 7.53. The molecule has 0 fully saturated rings.